The van der Waals surface area contributed by atoms with Gasteiger partial charge in [-0.3, -0.25) is 0 Å². The molecule has 0 bridgehead atoms. The average molecular weight is 260 g/mol. The molecule has 18 heavy (non-hydrogen) atoms. The highest BCUT2D eigenvalue weighted by Gasteiger charge is 2.07. The first-order chi connectivity index (χ1) is 8.56. The summed E-state index contributed by atoms with van der Waals surface area (Å²) in [6.07, 6.45) is 0. The van der Waals surface area contributed by atoms with Gasteiger partial charge in [0.25, 0.3) is 0 Å². The van der Waals surface area contributed by atoms with Crippen molar-refractivity contribution in [3.05, 3.63) is 34.7 Å². The zero-order valence-corrected chi connectivity index (χ0v) is 12.3. The van der Waals surface area contributed by atoms with Crippen LogP contribution in [0.5, 0.6) is 0 Å². The lowest BCUT2D eigenvalue weighted by molar-refractivity contribution is 0.688. The third-order valence-electron chi connectivity index (χ3n) is 2.82. The van der Waals surface area contributed by atoms with E-state index in [1.54, 1.807) is 11.3 Å². The minimum absolute atomic E-state index is 0.637. The molecule has 2 rings (SSSR count). The number of benzene rings is 1. The van der Waals surface area contributed by atoms with Crippen molar-refractivity contribution in [3.8, 4) is 11.3 Å². The number of rotatable bonds is 4. The zero-order chi connectivity index (χ0) is 13.1. The summed E-state index contributed by atoms with van der Waals surface area (Å²) >= 11 is 1.68. The highest BCUT2D eigenvalue weighted by Crippen LogP contribution is 2.27. The van der Waals surface area contributed by atoms with Crippen LogP contribution in [0.2, 0.25) is 0 Å². The normalized spacial score (nSPS) is 10.9. The van der Waals surface area contributed by atoms with Crippen molar-refractivity contribution in [2.24, 2.45) is 5.92 Å². The maximum absolute atomic E-state index is 4.65. The summed E-state index contributed by atoms with van der Waals surface area (Å²) < 4.78 is 0. The van der Waals surface area contributed by atoms with Gasteiger partial charge in [0.2, 0.25) is 0 Å². The second-order valence-corrected chi connectivity index (χ2v) is 5.99. The third-order valence-corrected chi connectivity index (χ3v) is 3.62. The minimum Gasteiger partial charge on any atom is -0.361 e. The smallest absolute Gasteiger partial charge is 0.183 e. The molecular weight excluding hydrogens is 240 g/mol. The highest BCUT2D eigenvalue weighted by atomic mass is 32.1. The van der Waals surface area contributed by atoms with Crippen molar-refractivity contribution >= 4 is 16.5 Å². The van der Waals surface area contributed by atoms with Gasteiger partial charge in [0.05, 0.1) is 5.69 Å². The van der Waals surface area contributed by atoms with Crippen LogP contribution < -0.4 is 5.32 Å². The van der Waals surface area contributed by atoms with Gasteiger partial charge in [-0.25, -0.2) is 4.98 Å². The van der Waals surface area contributed by atoms with Crippen LogP contribution in [0, 0.1) is 19.8 Å². The largest absolute Gasteiger partial charge is 0.361 e. The number of nitrogens with one attached hydrogen (secondary N) is 1. The minimum atomic E-state index is 0.637. The molecule has 1 N–H and O–H groups in total. The number of aromatic nitrogens is 1. The SMILES string of the molecule is Cc1ccc(-c2csc(NCC(C)C)n2)c(C)c1. The van der Waals surface area contributed by atoms with Gasteiger partial charge in [0, 0.05) is 17.5 Å². The van der Waals surface area contributed by atoms with E-state index in [0.717, 1.165) is 17.4 Å². The Labute approximate surface area is 113 Å². The molecule has 0 atom stereocenters. The molecule has 2 aromatic rings. The Kier molecular flexibility index (Phi) is 4.02. The molecule has 1 aromatic heterocycles. The Bertz CT molecular complexity index is 529. The van der Waals surface area contributed by atoms with Crippen LogP contribution in [-0.4, -0.2) is 11.5 Å². The van der Waals surface area contributed by atoms with Gasteiger partial charge >= 0.3 is 0 Å². The Hall–Kier alpha value is -1.35. The maximum atomic E-state index is 4.65. The Balaban J connectivity index is 2.18. The van der Waals surface area contributed by atoms with Crippen molar-refractivity contribution in [3.63, 3.8) is 0 Å². The van der Waals surface area contributed by atoms with E-state index in [1.165, 1.54) is 16.7 Å². The van der Waals surface area contributed by atoms with E-state index in [0.29, 0.717) is 5.92 Å². The summed E-state index contributed by atoms with van der Waals surface area (Å²) in [4.78, 5) is 4.65. The maximum Gasteiger partial charge on any atom is 0.183 e. The second kappa shape index (κ2) is 5.53. The predicted octanol–water partition coefficient (Wildman–Crippen LogP) is 4.49. The first-order valence-corrected chi connectivity index (χ1v) is 7.21. The van der Waals surface area contributed by atoms with Gasteiger partial charge in [-0.15, -0.1) is 11.3 Å². The fourth-order valence-electron chi connectivity index (χ4n) is 1.87. The topological polar surface area (TPSA) is 24.9 Å². The van der Waals surface area contributed by atoms with E-state index in [1.807, 2.05) is 0 Å². The van der Waals surface area contributed by atoms with Gasteiger partial charge in [-0.2, -0.15) is 0 Å². The van der Waals surface area contributed by atoms with E-state index < -0.39 is 0 Å². The molecule has 0 amide bonds. The summed E-state index contributed by atoms with van der Waals surface area (Å²) in [7, 11) is 0. The molecular formula is C15H20N2S. The van der Waals surface area contributed by atoms with Gasteiger partial charge in [0.15, 0.2) is 5.13 Å². The van der Waals surface area contributed by atoms with Crippen LogP contribution >= 0.6 is 11.3 Å². The molecule has 0 fully saturated rings. The van der Waals surface area contributed by atoms with Crippen molar-refractivity contribution in [1.29, 1.82) is 0 Å². The number of hydrogen-bond acceptors (Lipinski definition) is 3. The molecule has 96 valence electrons. The predicted molar refractivity (Wildman–Crippen MR) is 80.4 cm³/mol. The molecule has 2 nitrogen and oxygen atoms in total. The van der Waals surface area contributed by atoms with Crippen LogP contribution in [-0.2, 0) is 0 Å². The monoisotopic (exact) mass is 260 g/mol. The standard InChI is InChI=1S/C15H20N2S/c1-10(2)8-16-15-17-14(9-18-15)13-6-5-11(3)7-12(13)4/h5-7,9-10H,8H2,1-4H3,(H,16,17). The number of anilines is 1. The van der Waals surface area contributed by atoms with Crippen LogP contribution in [0.15, 0.2) is 23.6 Å². The van der Waals surface area contributed by atoms with E-state index in [-0.39, 0.29) is 0 Å². The quantitative estimate of drug-likeness (QED) is 0.875. The van der Waals surface area contributed by atoms with E-state index in [2.05, 4.69) is 61.6 Å². The molecule has 1 heterocycles. The fourth-order valence-corrected chi connectivity index (χ4v) is 2.59. The molecule has 0 spiro atoms. The first-order valence-electron chi connectivity index (χ1n) is 6.33. The van der Waals surface area contributed by atoms with Gasteiger partial charge in [-0.1, -0.05) is 37.6 Å². The molecule has 0 unspecified atom stereocenters. The van der Waals surface area contributed by atoms with E-state index >= 15 is 0 Å². The summed E-state index contributed by atoms with van der Waals surface area (Å²) in [5.74, 6) is 0.637. The van der Waals surface area contributed by atoms with Crippen LogP contribution in [0.3, 0.4) is 0 Å². The molecule has 3 heteroatoms. The van der Waals surface area contributed by atoms with Crippen LogP contribution in [0.4, 0.5) is 5.13 Å². The van der Waals surface area contributed by atoms with Crippen molar-refractivity contribution in [2.75, 3.05) is 11.9 Å². The van der Waals surface area contributed by atoms with Gasteiger partial charge in [0.1, 0.15) is 0 Å². The highest BCUT2D eigenvalue weighted by molar-refractivity contribution is 7.14. The molecule has 0 radical (unpaired) electrons. The molecule has 0 aliphatic carbocycles. The Morgan fingerprint density at radius 1 is 1.28 bits per heavy atom. The fraction of sp³-hybridized carbons (Fsp3) is 0.400. The van der Waals surface area contributed by atoms with Crippen molar-refractivity contribution in [1.82, 2.24) is 4.98 Å². The third kappa shape index (κ3) is 3.10. The summed E-state index contributed by atoms with van der Waals surface area (Å²) in [5.41, 5.74) is 4.89. The second-order valence-electron chi connectivity index (χ2n) is 5.13. The summed E-state index contributed by atoms with van der Waals surface area (Å²) in [6, 6.07) is 6.50. The lowest BCUT2D eigenvalue weighted by Gasteiger charge is -2.05. The van der Waals surface area contributed by atoms with Gasteiger partial charge in [-0.05, 0) is 25.3 Å². The first kappa shape index (κ1) is 13.1. The van der Waals surface area contributed by atoms with Crippen LogP contribution in [0.1, 0.15) is 25.0 Å². The molecule has 0 aliphatic rings. The molecule has 0 saturated heterocycles. The molecule has 0 aliphatic heterocycles. The Morgan fingerprint density at radius 3 is 2.72 bits per heavy atom. The van der Waals surface area contributed by atoms with E-state index in [9.17, 15) is 0 Å². The van der Waals surface area contributed by atoms with E-state index in [4.69, 9.17) is 0 Å². The number of aryl methyl sites for hydroxylation is 2. The van der Waals surface area contributed by atoms with Crippen molar-refractivity contribution < 1.29 is 0 Å². The molecule has 1 aromatic carbocycles. The number of nitrogens with zero attached hydrogens (tertiary/aromatic N) is 1. The van der Waals surface area contributed by atoms with Crippen molar-refractivity contribution in [2.45, 2.75) is 27.7 Å². The Morgan fingerprint density at radius 2 is 2.06 bits per heavy atom. The lowest BCUT2D eigenvalue weighted by Crippen LogP contribution is -2.07. The number of thiazole rings is 1. The average Bonchev–Trinajstić information content (AvgIpc) is 2.75. The lowest BCUT2D eigenvalue weighted by atomic mass is 10.0. The molecule has 0 saturated carbocycles. The summed E-state index contributed by atoms with van der Waals surface area (Å²) in [6.45, 7) is 9.63. The van der Waals surface area contributed by atoms with Crippen LogP contribution in [0.25, 0.3) is 11.3 Å². The summed E-state index contributed by atoms with van der Waals surface area (Å²) in [5, 5.41) is 6.51. The zero-order valence-electron chi connectivity index (χ0n) is 11.4. The van der Waals surface area contributed by atoms with Gasteiger partial charge < -0.3 is 5.32 Å². The number of hydrogen-bond donors (Lipinski definition) is 1.